The van der Waals surface area contributed by atoms with E-state index in [1.165, 1.54) is 30.3 Å². The predicted molar refractivity (Wildman–Crippen MR) is 92.6 cm³/mol. The summed E-state index contributed by atoms with van der Waals surface area (Å²) in [5.74, 6) is -1.46. The summed E-state index contributed by atoms with van der Waals surface area (Å²) in [5.41, 5.74) is 0.475. The number of rotatable bonds is 3. The van der Waals surface area contributed by atoms with E-state index in [4.69, 9.17) is 0 Å². The molecule has 6 nitrogen and oxygen atoms in total. The highest BCUT2D eigenvalue weighted by atomic mass is 19.1. The third-order valence-corrected chi connectivity index (χ3v) is 4.35. The van der Waals surface area contributed by atoms with Gasteiger partial charge in [0.2, 0.25) is 0 Å². The molecule has 0 spiro atoms. The lowest BCUT2D eigenvalue weighted by atomic mass is 10.0. The van der Waals surface area contributed by atoms with E-state index in [-0.39, 0.29) is 29.0 Å². The molecule has 0 bridgehead atoms. The molecule has 2 aromatic carbocycles. The number of hydrogen-bond acceptors (Lipinski definition) is 4. The van der Waals surface area contributed by atoms with Crippen LogP contribution < -0.4 is 5.32 Å². The van der Waals surface area contributed by atoms with Gasteiger partial charge in [-0.15, -0.1) is 0 Å². The minimum Gasteiger partial charge on any atom is -0.508 e. The lowest BCUT2D eigenvalue weighted by molar-refractivity contribution is 0.0697. The summed E-state index contributed by atoms with van der Waals surface area (Å²) >= 11 is 0. The third-order valence-electron chi connectivity index (χ3n) is 4.35. The average Bonchev–Trinajstić information content (AvgIpc) is 2.61. The Balaban J connectivity index is 1.56. The van der Waals surface area contributed by atoms with Crippen LogP contribution in [0.3, 0.4) is 0 Å². The molecule has 0 atom stereocenters. The summed E-state index contributed by atoms with van der Waals surface area (Å²) in [4.78, 5) is 26.3. The highest BCUT2D eigenvalue weighted by Crippen LogP contribution is 2.21. The van der Waals surface area contributed by atoms with Gasteiger partial charge in [0.05, 0.1) is 0 Å². The van der Waals surface area contributed by atoms with E-state index in [9.17, 15) is 24.2 Å². The number of aromatic hydroxyl groups is 2. The fourth-order valence-electron chi connectivity index (χ4n) is 3.03. The predicted octanol–water partition coefficient (Wildman–Crippen LogP) is 2.27. The maximum Gasteiger partial charge on any atom is 0.253 e. The van der Waals surface area contributed by atoms with Crippen LogP contribution in [-0.2, 0) is 0 Å². The Kier molecular flexibility index (Phi) is 5.06. The average molecular weight is 358 g/mol. The number of nitrogens with one attached hydrogen (secondary N) is 1. The van der Waals surface area contributed by atoms with E-state index in [0.717, 1.165) is 6.07 Å². The van der Waals surface area contributed by atoms with Crippen molar-refractivity contribution in [3.05, 3.63) is 59.4 Å². The van der Waals surface area contributed by atoms with Gasteiger partial charge in [-0.05, 0) is 43.2 Å². The highest BCUT2D eigenvalue weighted by molar-refractivity contribution is 5.95. The molecule has 1 aliphatic heterocycles. The molecule has 3 rings (SSSR count). The number of phenolic OH excluding ortho intramolecular Hbond substituents is 2. The van der Waals surface area contributed by atoms with Gasteiger partial charge in [-0.3, -0.25) is 9.59 Å². The molecule has 1 fully saturated rings. The second-order valence-corrected chi connectivity index (χ2v) is 6.29. The highest BCUT2D eigenvalue weighted by Gasteiger charge is 2.25. The van der Waals surface area contributed by atoms with E-state index < -0.39 is 11.7 Å². The molecule has 0 aromatic heterocycles. The Labute approximate surface area is 149 Å². The zero-order valence-electron chi connectivity index (χ0n) is 14.0. The normalized spacial score (nSPS) is 14.9. The summed E-state index contributed by atoms with van der Waals surface area (Å²) in [6.07, 6.45) is 1.13. The zero-order chi connectivity index (χ0) is 18.7. The lowest BCUT2D eigenvalue weighted by Crippen LogP contribution is -2.46. The van der Waals surface area contributed by atoms with Crippen molar-refractivity contribution in [3.8, 4) is 11.5 Å². The molecule has 2 amide bonds. The van der Waals surface area contributed by atoms with Crippen molar-refractivity contribution in [1.29, 1.82) is 0 Å². The van der Waals surface area contributed by atoms with Crippen molar-refractivity contribution >= 4 is 11.8 Å². The van der Waals surface area contributed by atoms with Crippen LogP contribution in [0, 0.1) is 5.82 Å². The summed E-state index contributed by atoms with van der Waals surface area (Å²) in [6.45, 7) is 0.900. The topological polar surface area (TPSA) is 89.9 Å². The van der Waals surface area contributed by atoms with Crippen LogP contribution in [-0.4, -0.2) is 46.1 Å². The van der Waals surface area contributed by atoms with Crippen molar-refractivity contribution < 1.29 is 24.2 Å². The molecule has 1 aliphatic rings. The first-order valence-electron chi connectivity index (χ1n) is 8.31. The second kappa shape index (κ2) is 7.43. The molecular weight excluding hydrogens is 339 g/mol. The van der Waals surface area contributed by atoms with Crippen molar-refractivity contribution in [2.24, 2.45) is 0 Å². The molecule has 2 aromatic rings. The smallest absolute Gasteiger partial charge is 0.253 e. The number of nitrogens with zero attached hydrogens (tertiary/aromatic N) is 1. The number of carbonyl (C=O) groups excluding carboxylic acids is 2. The van der Waals surface area contributed by atoms with E-state index in [2.05, 4.69) is 5.32 Å². The van der Waals surface area contributed by atoms with Gasteiger partial charge in [0.15, 0.2) is 0 Å². The zero-order valence-corrected chi connectivity index (χ0v) is 14.0. The van der Waals surface area contributed by atoms with Crippen LogP contribution >= 0.6 is 0 Å². The van der Waals surface area contributed by atoms with Crippen LogP contribution in [0.5, 0.6) is 11.5 Å². The van der Waals surface area contributed by atoms with Crippen LogP contribution in [0.1, 0.15) is 33.6 Å². The molecule has 0 unspecified atom stereocenters. The first-order chi connectivity index (χ1) is 12.4. The first kappa shape index (κ1) is 17.7. The molecule has 0 radical (unpaired) electrons. The summed E-state index contributed by atoms with van der Waals surface area (Å²) < 4.78 is 13.3. The van der Waals surface area contributed by atoms with Gasteiger partial charge in [0, 0.05) is 36.3 Å². The Hall–Kier alpha value is -3.09. The lowest BCUT2D eigenvalue weighted by Gasteiger charge is -2.32. The molecular formula is C19H19FN2O4. The quantitative estimate of drug-likeness (QED) is 0.785. The number of benzene rings is 2. The summed E-state index contributed by atoms with van der Waals surface area (Å²) in [7, 11) is 0. The number of halogens is 1. The van der Waals surface area contributed by atoms with Gasteiger partial charge in [0.1, 0.15) is 17.3 Å². The van der Waals surface area contributed by atoms with Crippen molar-refractivity contribution in [2.45, 2.75) is 18.9 Å². The Bertz CT molecular complexity index is 812. The molecule has 7 heteroatoms. The minimum absolute atomic E-state index is 0.122. The summed E-state index contributed by atoms with van der Waals surface area (Å²) in [5, 5.41) is 21.8. The number of carbonyl (C=O) groups is 2. The SMILES string of the molecule is O=C(NC1CCN(C(=O)c2cccc(F)c2)CC1)c1cc(O)cc(O)c1. The van der Waals surface area contributed by atoms with E-state index >= 15 is 0 Å². The number of phenols is 2. The second-order valence-electron chi connectivity index (χ2n) is 6.29. The van der Waals surface area contributed by atoms with E-state index in [1.54, 1.807) is 11.0 Å². The van der Waals surface area contributed by atoms with Gasteiger partial charge in [-0.1, -0.05) is 6.07 Å². The van der Waals surface area contributed by atoms with Crippen molar-refractivity contribution in [3.63, 3.8) is 0 Å². The first-order valence-corrected chi connectivity index (χ1v) is 8.31. The van der Waals surface area contributed by atoms with Crippen LogP contribution in [0.25, 0.3) is 0 Å². The van der Waals surface area contributed by atoms with Crippen molar-refractivity contribution in [2.75, 3.05) is 13.1 Å². The largest absolute Gasteiger partial charge is 0.508 e. The molecule has 0 aliphatic carbocycles. The number of amides is 2. The number of piperidine rings is 1. The van der Waals surface area contributed by atoms with Gasteiger partial charge < -0.3 is 20.4 Å². The van der Waals surface area contributed by atoms with Crippen LogP contribution in [0.2, 0.25) is 0 Å². The Morgan fingerprint density at radius 3 is 2.27 bits per heavy atom. The van der Waals surface area contributed by atoms with Gasteiger partial charge >= 0.3 is 0 Å². The molecule has 0 saturated carbocycles. The molecule has 1 saturated heterocycles. The monoisotopic (exact) mass is 358 g/mol. The fraction of sp³-hybridized carbons (Fsp3) is 0.263. The van der Waals surface area contributed by atoms with E-state index in [0.29, 0.717) is 31.5 Å². The maximum atomic E-state index is 13.3. The Morgan fingerprint density at radius 1 is 1.00 bits per heavy atom. The fourth-order valence-corrected chi connectivity index (χ4v) is 3.03. The van der Waals surface area contributed by atoms with Crippen LogP contribution in [0.4, 0.5) is 4.39 Å². The van der Waals surface area contributed by atoms with Gasteiger partial charge in [-0.2, -0.15) is 0 Å². The summed E-state index contributed by atoms with van der Waals surface area (Å²) in [6, 6.07) is 9.15. The standard InChI is InChI=1S/C19H19FN2O4/c20-14-3-1-2-12(8-14)19(26)22-6-4-15(5-7-22)21-18(25)13-9-16(23)11-17(24)10-13/h1-3,8-11,15,23-24H,4-7H2,(H,21,25). The van der Waals surface area contributed by atoms with Crippen LogP contribution in [0.15, 0.2) is 42.5 Å². The third kappa shape index (κ3) is 4.11. The van der Waals surface area contributed by atoms with Gasteiger partial charge in [0.25, 0.3) is 11.8 Å². The Morgan fingerprint density at radius 2 is 1.65 bits per heavy atom. The minimum atomic E-state index is -0.452. The molecule has 26 heavy (non-hydrogen) atoms. The molecule has 3 N–H and O–H groups in total. The van der Waals surface area contributed by atoms with Crippen molar-refractivity contribution in [1.82, 2.24) is 10.2 Å². The van der Waals surface area contributed by atoms with E-state index in [1.807, 2.05) is 0 Å². The maximum absolute atomic E-state index is 13.3. The number of likely N-dealkylation sites (tertiary alicyclic amines) is 1. The number of hydrogen-bond donors (Lipinski definition) is 3. The van der Waals surface area contributed by atoms with Gasteiger partial charge in [-0.25, -0.2) is 4.39 Å². The molecule has 1 heterocycles. The molecule has 136 valence electrons.